The second-order valence-corrected chi connectivity index (χ2v) is 4.69. The number of benzene rings is 1. The summed E-state index contributed by atoms with van der Waals surface area (Å²) in [6.07, 6.45) is 3.62. The molecule has 0 aliphatic carbocycles. The van der Waals surface area contributed by atoms with Gasteiger partial charge in [-0.1, -0.05) is 25.1 Å². The quantitative estimate of drug-likeness (QED) is 0.600. The summed E-state index contributed by atoms with van der Waals surface area (Å²) in [5, 5.41) is 9.42. The van der Waals surface area contributed by atoms with E-state index in [-0.39, 0.29) is 0 Å². The highest BCUT2D eigenvalue weighted by atomic mass is 16.6. The predicted molar refractivity (Wildman–Crippen MR) is 73.8 cm³/mol. The van der Waals surface area contributed by atoms with E-state index in [1.54, 1.807) is 6.21 Å². The Morgan fingerprint density at radius 1 is 1.44 bits per heavy atom. The van der Waals surface area contributed by atoms with Crippen LogP contribution < -0.4 is 0 Å². The van der Waals surface area contributed by atoms with Gasteiger partial charge in [0.25, 0.3) is 0 Å². The molecule has 0 amide bonds. The first-order chi connectivity index (χ1) is 8.70. The second kappa shape index (κ2) is 5.67. The lowest BCUT2D eigenvalue weighted by atomic mass is 10.1. The summed E-state index contributed by atoms with van der Waals surface area (Å²) in [5.74, 6) is 0.590. The standard InChI is InChI=1S/C14H19N3O/c1-4-18-16-8-12-5-6-14-13(7-12)9-15-17(14)10-11(2)3/h5-9,11H,4,10H2,1-3H3. The lowest BCUT2D eigenvalue weighted by molar-refractivity contribution is 0.160. The summed E-state index contributed by atoms with van der Waals surface area (Å²) in [6, 6.07) is 6.18. The monoisotopic (exact) mass is 245 g/mol. The van der Waals surface area contributed by atoms with E-state index >= 15 is 0 Å². The molecule has 0 radical (unpaired) electrons. The van der Waals surface area contributed by atoms with Crippen molar-refractivity contribution in [3.8, 4) is 0 Å². The molecule has 0 bridgehead atoms. The molecular weight excluding hydrogens is 226 g/mol. The van der Waals surface area contributed by atoms with Gasteiger partial charge in [-0.3, -0.25) is 4.68 Å². The summed E-state index contributed by atoms with van der Waals surface area (Å²) in [6.45, 7) is 7.82. The summed E-state index contributed by atoms with van der Waals surface area (Å²) in [5.41, 5.74) is 2.19. The van der Waals surface area contributed by atoms with Gasteiger partial charge in [0.15, 0.2) is 0 Å². The highest BCUT2D eigenvalue weighted by Gasteiger charge is 2.04. The van der Waals surface area contributed by atoms with E-state index in [4.69, 9.17) is 4.84 Å². The molecule has 4 heteroatoms. The van der Waals surface area contributed by atoms with Gasteiger partial charge in [0, 0.05) is 11.9 Å². The summed E-state index contributed by atoms with van der Waals surface area (Å²) >= 11 is 0. The number of hydrogen-bond donors (Lipinski definition) is 0. The number of oxime groups is 1. The van der Waals surface area contributed by atoms with E-state index in [0.717, 1.165) is 23.0 Å². The summed E-state index contributed by atoms with van der Waals surface area (Å²) in [7, 11) is 0. The average molecular weight is 245 g/mol. The molecule has 0 N–H and O–H groups in total. The van der Waals surface area contributed by atoms with Crippen molar-refractivity contribution < 1.29 is 4.84 Å². The molecule has 1 heterocycles. The number of aromatic nitrogens is 2. The van der Waals surface area contributed by atoms with E-state index in [1.807, 2.05) is 23.9 Å². The third kappa shape index (κ3) is 2.88. The summed E-state index contributed by atoms with van der Waals surface area (Å²) < 4.78 is 2.05. The Morgan fingerprint density at radius 3 is 3.00 bits per heavy atom. The Hall–Kier alpha value is -1.84. The number of nitrogens with zero attached hydrogens (tertiary/aromatic N) is 3. The van der Waals surface area contributed by atoms with Crippen LogP contribution in [0.15, 0.2) is 29.6 Å². The molecule has 0 atom stereocenters. The van der Waals surface area contributed by atoms with E-state index in [9.17, 15) is 0 Å². The molecule has 0 fully saturated rings. The zero-order chi connectivity index (χ0) is 13.0. The maximum absolute atomic E-state index is 4.96. The molecule has 96 valence electrons. The average Bonchev–Trinajstić information content (AvgIpc) is 2.72. The van der Waals surface area contributed by atoms with Gasteiger partial charge in [-0.15, -0.1) is 0 Å². The molecule has 1 aromatic carbocycles. The van der Waals surface area contributed by atoms with Gasteiger partial charge in [0.05, 0.1) is 17.9 Å². The Morgan fingerprint density at radius 2 is 2.28 bits per heavy atom. The van der Waals surface area contributed by atoms with Crippen molar-refractivity contribution in [2.75, 3.05) is 6.61 Å². The molecule has 0 spiro atoms. The van der Waals surface area contributed by atoms with Crippen LogP contribution in [-0.2, 0) is 11.4 Å². The van der Waals surface area contributed by atoms with Crippen molar-refractivity contribution in [3.63, 3.8) is 0 Å². The maximum atomic E-state index is 4.96. The number of hydrogen-bond acceptors (Lipinski definition) is 3. The van der Waals surface area contributed by atoms with Crippen LogP contribution in [0.1, 0.15) is 26.3 Å². The fraction of sp³-hybridized carbons (Fsp3) is 0.429. The third-order valence-corrected chi connectivity index (χ3v) is 2.61. The lowest BCUT2D eigenvalue weighted by Crippen LogP contribution is -2.05. The van der Waals surface area contributed by atoms with E-state index in [0.29, 0.717) is 12.5 Å². The van der Waals surface area contributed by atoms with Gasteiger partial charge >= 0.3 is 0 Å². The Kier molecular flexibility index (Phi) is 3.97. The Labute approximate surface area is 107 Å². The van der Waals surface area contributed by atoms with Crippen molar-refractivity contribution in [2.45, 2.75) is 27.3 Å². The first-order valence-corrected chi connectivity index (χ1v) is 6.31. The molecule has 18 heavy (non-hydrogen) atoms. The normalized spacial score (nSPS) is 11.8. The third-order valence-electron chi connectivity index (χ3n) is 2.61. The van der Waals surface area contributed by atoms with Gasteiger partial charge in [-0.25, -0.2) is 0 Å². The van der Waals surface area contributed by atoms with E-state index < -0.39 is 0 Å². The first-order valence-electron chi connectivity index (χ1n) is 6.31. The van der Waals surface area contributed by atoms with Gasteiger partial charge in [0.1, 0.15) is 6.61 Å². The molecule has 1 aromatic heterocycles. The predicted octanol–water partition coefficient (Wildman–Crippen LogP) is 3.06. The zero-order valence-corrected chi connectivity index (χ0v) is 11.1. The smallest absolute Gasteiger partial charge is 0.114 e. The fourth-order valence-corrected chi connectivity index (χ4v) is 1.85. The largest absolute Gasteiger partial charge is 0.396 e. The zero-order valence-electron chi connectivity index (χ0n) is 11.1. The highest BCUT2D eigenvalue weighted by molar-refractivity contribution is 5.88. The SMILES string of the molecule is CCON=Cc1ccc2c(cnn2CC(C)C)c1. The fourth-order valence-electron chi connectivity index (χ4n) is 1.85. The van der Waals surface area contributed by atoms with Crippen molar-refractivity contribution in [3.05, 3.63) is 30.0 Å². The molecule has 0 saturated heterocycles. The van der Waals surface area contributed by atoms with Crippen LogP contribution >= 0.6 is 0 Å². The molecule has 0 unspecified atom stereocenters. The van der Waals surface area contributed by atoms with Gasteiger partial charge < -0.3 is 4.84 Å². The van der Waals surface area contributed by atoms with Crippen LogP contribution in [0, 0.1) is 5.92 Å². The molecule has 2 rings (SSSR count). The van der Waals surface area contributed by atoms with Crippen LogP contribution in [0.2, 0.25) is 0 Å². The molecular formula is C14H19N3O. The van der Waals surface area contributed by atoms with Crippen molar-refractivity contribution in [1.29, 1.82) is 0 Å². The minimum atomic E-state index is 0.588. The van der Waals surface area contributed by atoms with Crippen LogP contribution in [0.3, 0.4) is 0 Å². The second-order valence-electron chi connectivity index (χ2n) is 4.69. The van der Waals surface area contributed by atoms with Gasteiger partial charge in [-0.2, -0.15) is 5.10 Å². The van der Waals surface area contributed by atoms with Crippen molar-refractivity contribution in [1.82, 2.24) is 9.78 Å². The molecule has 0 saturated carbocycles. The maximum Gasteiger partial charge on any atom is 0.114 e. The highest BCUT2D eigenvalue weighted by Crippen LogP contribution is 2.16. The first kappa shape index (κ1) is 12.6. The van der Waals surface area contributed by atoms with Gasteiger partial charge in [0.2, 0.25) is 0 Å². The van der Waals surface area contributed by atoms with Crippen LogP contribution in [-0.4, -0.2) is 22.6 Å². The molecule has 0 aliphatic heterocycles. The van der Waals surface area contributed by atoms with Gasteiger partial charge in [-0.05, 0) is 30.5 Å². The van der Waals surface area contributed by atoms with Crippen LogP contribution in [0.5, 0.6) is 0 Å². The Balaban J connectivity index is 2.25. The minimum Gasteiger partial charge on any atom is -0.396 e. The minimum absolute atomic E-state index is 0.588. The number of fused-ring (bicyclic) bond motifs is 1. The topological polar surface area (TPSA) is 39.4 Å². The van der Waals surface area contributed by atoms with Crippen LogP contribution in [0.4, 0.5) is 0 Å². The van der Waals surface area contributed by atoms with E-state index in [2.05, 4.69) is 36.2 Å². The molecule has 2 aromatic rings. The Bertz CT molecular complexity index is 543. The molecule has 0 aliphatic rings. The lowest BCUT2D eigenvalue weighted by Gasteiger charge is -2.06. The number of rotatable bonds is 5. The van der Waals surface area contributed by atoms with Crippen molar-refractivity contribution in [2.24, 2.45) is 11.1 Å². The molecule has 4 nitrogen and oxygen atoms in total. The van der Waals surface area contributed by atoms with Crippen molar-refractivity contribution >= 4 is 17.1 Å². The van der Waals surface area contributed by atoms with E-state index in [1.165, 1.54) is 0 Å². The van der Waals surface area contributed by atoms with Crippen LogP contribution in [0.25, 0.3) is 10.9 Å². The summed E-state index contributed by atoms with van der Waals surface area (Å²) in [4.78, 5) is 4.96.